The van der Waals surface area contributed by atoms with E-state index in [1.54, 1.807) is 0 Å². The number of hydroxylamine groups is 1. The molecule has 1 heterocycles. The van der Waals surface area contributed by atoms with Crippen molar-refractivity contribution in [3.63, 3.8) is 0 Å². The number of nitrogens with zero attached hydrogens (tertiary/aromatic N) is 1. The number of hydrogen-bond acceptors (Lipinski definition) is 1. The van der Waals surface area contributed by atoms with Crippen molar-refractivity contribution in [1.29, 1.82) is 0 Å². The first-order valence-corrected chi connectivity index (χ1v) is 3.16. The number of hydrogen-bond donors (Lipinski definition) is 0. The lowest BCUT2D eigenvalue weighted by molar-refractivity contribution is -0.464. The highest BCUT2D eigenvalue weighted by Gasteiger charge is 2.09. The van der Waals surface area contributed by atoms with Crippen LogP contribution >= 0.6 is 0 Å². The SMILES string of the molecule is CC1=[N+]([O-])CC(C)C=C1. The molecule has 0 aromatic heterocycles. The van der Waals surface area contributed by atoms with Crippen molar-refractivity contribution in [2.75, 3.05) is 6.54 Å². The van der Waals surface area contributed by atoms with Crippen molar-refractivity contribution in [3.05, 3.63) is 17.4 Å². The van der Waals surface area contributed by atoms with Gasteiger partial charge in [0.2, 0.25) is 0 Å². The van der Waals surface area contributed by atoms with Gasteiger partial charge >= 0.3 is 0 Å². The van der Waals surface area contributed by atoms with Crippen LogP contribution in [-0.4, -0.2) is 17.0 Å². The third-order valence-electron chi connectivity index (χ3n) is 1.51. The van der Waals surface area contributed by atoms with Gasteiger partial charge in [-0.05, 0) is 0 Å². The topological polar surface area (TPSA) is 26.1 Å². The van der Waals surface area contributed by atoms with Gasteiger partial charge in [-0.25, -0.2) is 4.74 Å². The Kier molecular flexibility index (Phi) is 1.56. The highest BCUT2D eigenvalue weighted by molar-refractivity contribution is 5.88. The summed E-state index contributed by atoms with van der Waals surface area (Å²) in [6.45, 7) is 4.48. The maximum Gasteiger partial charge on any atom is 0.183 e. The van der Waals surface area contributed by atoms with Gasteiger partial charge in [-0.1, -0.05) is 13.0 Å². The molecular formula is C7H11NO. The maximum atomic E-state index is 10.8. The minimum atomic E-state index is 0.409. The van der Waals surface area contributed by atoms with Crippen LogP contribution < -0.4 is 0 Å². The molecule has 0 aromatic carbocycles. The van der Waals surface area contributed by atoms with E-state index in [2.05, 4.69) is 6.08 Å². The molecule has 1 unspecified atom stereocenters. The lowest BCUT2D eigenvalue weighted by Crippen LogP contribution is -2.21. The molecule has 0 N–H and O–H groups in total. The van der Waals surface area contributed by atoms with E-state index in [1.165, 1.54) is 0 Å². The summed E-state index contributed by atoms with van der Waals surface area (Å²) in [4.78, 5) is 0. The predicted octanol–water partition coefficient (Wildman–Crippen LogP) is 1.16. The molecule has 0 bridgehead atoms. The van der Waals surface area contributed by atoms with Crippen LogP contribution in [0.4, 0.5) is 0 Å². The summed E-state index contributed by atoms with van der Waals surface area (Å²) in [5.74, 6) is 0.409. The summed E-state index contributed by atoms with van der Waals surface area (Å²) in [5.41, 5.74) is 0.813. The Morgan fingerprint density at radius 3 is 2.89 bits per heavy atom. The molecule has 1 rings (SSSR count). The normalized spacial score (nSPS) is 27.1. The molecule has 0 aromatic rings. The van der Waals surface area contributed by atoms with Gasteiger partial charge in [0.15, 0.2) is 12.3 Å². The predicted molar refractivity (Wildman–Crippen MR) is 37.5 cm³/mol. The minimum Gasteiger partial charge on any atom is -0.624 e. The van der Waals surface area contributed by atoms with Crippen molar-refractivity contribution in [2.24, 2.45) is 5.92 Å². The molecule has 1 aliphatic rings. The van der Waals surface area contributed by atoms with Gasteiger partial charge in [-0.2, -0.15) is 0 Å². The second-order valence-corrected chi connectivity index (χ2v) is 2.54. The van der Waals surface area contributed by atoms with Crippen molar-refractivity contribution in [1.82, 2.24) is 0 Å². The summed E-state index contributed by atoms with van der Waals surface area (Å²) in [6, 6.07) is 0. The Labute approximate surface area is 55.1 Å². The van der Waals surface area contributed by atoms with Gasteiger partial charge < -0.3 is 5.21 Å². The molecule has 0 saturated carbocycles. The Morgan fingerprint density at radius 1 is 1.78 bits per heavy atom. The van der Waals surface area contributed by atoms with E-state index in [4.69, 9.17) is 0 Å². The van der Waals surface area contributed by atoms with Crippen LogP contribution in [0.1, 0.15) is 13.8 Å². The molecule has 9 heavy (non-hydrogen) atoms. The van der Waals surface area contributed by atoms with Gasteiger partial charge in [0.05, 0.1) is 0 Å². The van der Waals surface area contributed by atoms with E-state index in [9.17, 15) is 5.21 Å². The average Bonchev–Trinajstić information content (AvgIpc) is 1.80. The smallest absolute Gasteiger partial charge is 0.183 e. The van der Waals surface area contributed by atoms with E-state index in [1.807, 2.05) is 19.9 Å². The highest BCUT2D eigenvalue weighted by atomic mass is 16.5. The Balaban J connectivity index is 2.75. The second kappa shape index (κ2) is 2.21. The second-order valence-electron chi connectivity index (χ2n) is 2.54. The van der Waals surface area contributed by atoms with Crippen molar-refractivity contribution >= 4 is 5.71 Å². The van der Waals surface area contributed by atoms with Crippen LogP contribution in [0, 0.1) is 11.1 Å². The molecule has 2 nitrogen and oxygen atoms in total. The van der Waals surface area contributed by atoms with Crippen LogP contribution in [0.5, 0.6) is 0 Å². The molecule has 2 heteroatoms. The van der Waals surface area contributed by atoms with E-state index in [0.717, 1.165) is 10.5 Å². The Morgan fingerprint density at radius 2 is 2.44 bits per heavy atom. The zero-order valence-corrected chi connectivity index (χ0v) is 5.79. The lowest BCUT2D eigenvalue weighted by atomic mass is 10.1. The maximum absolute atomic E-state index is 10.8. The van der Waals surface area contributed by atoms with Crippen LogP contribution in [0.15, 0.2) is 12.2 Å². The Hall–Kier alpha value is -0.790. The molecule has 50 valence electrons. The van der Waals surface area contributed by atoms with Gasteiger partial charge in [0.1, 0.15) is 0 Å². The molecule has 0 aliphatic carbocycles. The number of allylic oxidation sites excluding steroid dienone is 1. The van der Waals surface area contributed by atoms with Crippen molar-refractivity contribution in [2.45, 2.75) is 13.8 Å². The first-order chi connectivity index (χ1) is 4.20. The van der Waals surface area contributed by atoms with Crippen LogP contribution in [0.25, 0.3) is 0 Å². The van der Waals surface area contributed by atoms with Crippen molar-refractivity contribution in [3.8, 4) is 0 Å². The van der Waals surface area contributed by atoms with Crippen LogP contribution in [0.2, 0.25) is 0 Å². The summed E-state index contributed by atoms with van der Waals surface area (Å²) < 4.78 is 1.03. The highest BCUT2D eigenvalue weighted by Crippen LogP contribution is 2.03. The quantitative estimate of drug-likeness (QED) is 0.352. The summed E-state index contributed by atoms with van der Waals surface area (Å²) in [6.07, 6.45) is 3.94. The molecule has 0 radical (unpaired) electrons. The molecular weight excluding hydrogens is 114 g/mol. The largest absolute Gasteiger partial charge is 0.624 e. The van der Waals surface area contributed by atoms with E-state index in [-0.39, 0.29) is 0 Å². The first-order valence-electron chi connectivity index (χ1n) is 3.16. The standard InChI is InChI=1S/C7H11NO/c1-6-3-4-7(2)8(9)5-6/h3-4,6H,5H2,1-2H3. The molecule has 0 saturated heterocycles. The first kappa shape index (κ1) is 6.33. The minimum absolute atomic E-state index is 0.409. The van der Waals surface area contributed by atoms with Gasteiger partial charge in [-0.3, -0.25) is 0 Å². The zero-order valence-electron chi connectivity index (χ0n) is 5.79. The zero-order chi connectivity index (χ0) is 6.85. The molecule has 0 fully saturated rings. The van der Waals surface area contributed by atoms with Crippen LogP contribution in [0.3, 0.4) is 0 Å². The molecule has 0 spiro atoms. The fraction of sp³-hybridized carbons (Fsp3) is 0.571. The van der Waals surface area contributed by atoms with E-state index in [0.29, 0.717) is 12.5 Å². The third kappa shape index (κ3) is 1.31. The summed E-state index contributed by atoms with van der Waals surface area (Å²) in [5, 5.41) is 10.8. The number of rotatable bonds is 0. The van der Waals surface area contributed by atoms with E-state index >= 15 is 0 Å². The van der Waals surface area contributed by atoms with Gasteiger partial charge in [0.25, 0.3) is 0 Å². The van der Waals surface area contributed by atoms with Crippen molar-refractivity contribution < 1.29 is 4.74 Å². The fourth-order valence-electron chi connectivity index (χ4n) is 0.853. The molecule has 1 atom stereocenters. The molecule has 0 amide bonds. The Bertz CT molecular complexity index is 170. The summed E-state index contributed by atoms with van der Waals surface area (Å²) in [7, 11) is 0. The third-order valence-corrected chi connectivity index (χ3v) is 1.51. The fourth-order valence-corrected chi connectivity index (χ4v) is 0.853. The summed E-state index contributed by atoms with van der Waals surface area (Å²) >= 11 is 0. The van der Waals surface area contributed by atoms with E-state index < -0.39 is 0 Å². The van der Waals surface area contributed by atoms with Gasteiger partial charge in [-0.15, -0.1) is 0 Å². The van der Waals surface area contributed by atoms with Gasteiger partial charge in [0, 0.05) is 18.9 Å². The molecule has 1 aliphatic heterocycles. The average molecular weight is 125 g/mol. The lowest BCUT2D eigenvalue weighted by Gasteiger charge is -2.12. The monoisotopic (exact) mass is 125 g/mol. The van der Waals surface area contributed by atoms with Crippen LogP contribution in [-0.2, 0) is 0 Å².